The summed E-state index contributed by atoms with van der Waals surface area (Å²) in [5.74, 6) is 1.68. The largest absolute Gasteiger partial charge is 0.354 e. The van der Waals surface area contributed by atoms with E-state index in [4.69, 9.17) is 11.6 Å². The van der Waals surface area contributed by atoms with E-state index in [1.807, 2.05) is 17.0 Å². The monoisotopic (exact) mass is 400 g/mol. The molecule has 0 radical (unpaired) electrons. The molecule has 2 aliphatic heterocycles. The van der Waals surface area contributed by atoms with Crippen LogP contribution in [0.4, 0.5) is 11.6 Å². The molecule has 0 unspecified atom stereocenters. The summed E-state index contributed by atoms with van der Waals surface area (Å²) in [5, 5.41) is 8.72. The second kappa shape index (κ2) is 8.73. The molecule has 0 N–H and O–H groups in total. The van der Waals surface area contributed by atoms with Crippen molar-refractivity contribution in [1.82, 2.24) is 20.1 Å². The van der Waals surface area contributed by atoms with Gasteiger partial charge in [-0.1, -0.05) is 11.6 Å². The fourth-order valence-electron chi connectivity index (χ4n) is 3.88. The summed E-state index contributed by atoms with van der Waals surface area (Å²) in [4.78, 5) is 23.6. The molecule has 0 aromatic carbocycles. The van der Waals surface area contributed by atoms with Crippen LogP contribution in [0.2, 0.25) is 5.02 Å². The predicted molar refractivity (Wildman–Crippen MR) is 110 cm³/mol. The van der Waals surface area contributed by atoms with E-state index in [-0.39, 0.29) is 5.91 Å². The molecule has 28 heavy (non-hydrogen) atoms. The molecule has 4 heterocycles. The van der Waals surface area contributed by atoms with Crippen molar-refractivity contribution in [1.29, 1.82) is 0 Å². The molecule has 1 amide bonds. The number of carbonyl (C=O) groups is 1. The maximum absolute atomic E-state index is 12.7. The van der Waals surface area contributed by atoms with Gasteiger partial charge in [-0.2, -0.15) is 5.10 Å². The highest BCUT2D eigenvalue weighted by atomic mass is 35.5. The second-order valence-corrected chi connectivity index (χ2v) is 7.70. The number of likely N-dealkylation sites (tertiary alicyclic amines) is 1. The highest BCUT2D eigenvalue weighted by Crippen LogP contribution is 2.26. The van der Waals surface area contributed by atoms with Crippen molar-refractivity contribution in [3.8, 4) is 0 Å². The molecule has 2 aromatic heterocycles. The highest BCUT2D eigenvalue weighted by molar-refractivity contribution is 6.33. The number of aromatic nitrogens is 3. The predicted octanol–water partition coefficient (Wildman–Crippen LogP) is 2.87. The Morgan fingerprint density at radius 1 is 0.964 bits per heavy atom. The molecular weight excluding hydrogens is 376 g/mol. The van der Waals surface area contributed by atoms with Gasteiger partial charge >= 0.3 is 0 Å². The van der Waals surface area contributed by atoms with E-state index in [9.17, 15) is 4.79 Å². The summed E-state index contributed by atoms with van der Waals surface area (Å²) in [5.41, 5.74) is 0.576. The smallest absolute Gasteiger partial charge is 0.255 e. The van der Waals surface area contributed by atoms with Crippen LogP contribution in [-0.4, -0.2) is 65.3 Å². The minimum Gasteiger partial charge on any atom is -0.354 e. The van der Waals surface area contributed by atoms with Crippen LogP contribution in [0.1, 0.15) is 36.0 Å². The van der Waals surface area contributed by atoms with Gasteiger partial charge in [-0.05, 0) is 43.9 Å². The van der Waals surface area contributed by atoms with Crippen molar-refractivity contribution >= 4 is 29.1 Å². The van der Waals surface area contributed by atoms with Crippen LogP contribution in [0.25, 0.3) is 0 Å². The minimum atomic E-state index is 0.0327. The van der Waals surface area contributed by atoms with Crippen molar-refractivity contribution in [3.05, 3.63) is 41.2 Å². The average molecular weight is 401 g/mol. The zero-order chi connectivity index (χ0) is 19.3. The summed E-state index contributed by atoms with van der Waals surface area (Å²) < 4.78 is 0. The minimum absolute atomic E-state index is 0.0327. The summed E-state index contributed by atoms with van der Waals surface area (Å²) in [7, 11) is 0. The molecule has 0 saturated carbocycles. The Morgan fingerprint density at radius 2 is 1.75 bits per heavy atom. The van der Waals surface area contributed by atoms with Crippen molar-refractivity contribution in [2.45, 2.75) is 25.7 Å². The number of hydrogen-bond donors (Lipinski definition) is 0. The quantitative estimate of drug-likeness (QED) is 0.789. The van der Waals surface area contributed by atoms with Gasteiger partial charge in [0.05, 0.1) is 10.6 Å². The summed E-state index contributed by atoms with van der Waals surface area (Å²) in [6.07, 6.45) is 7.67. The van der Waals surface area contributed by atoms with Gasteiger partial charge in [0.25, 0.3) is 5.91 Å². The van der Waals surface area contributed by atoms with Gasteiger partial charge in [-0.15, -0.1) is 5.10 Å². The zero-order valence-electron chi connectivity index (χ0n) is 15.9. The second-order valence-electron chi connectivity index (χ2n) is 7.29. The molecule has 148 valence electrons. The molecule has 0 atom stereocenters. The molecule has 2 saturated heterocycles. The van der Waals surface area contributed by atoms with Crippen LogP contribution in [0.3, 0.4) is 0 Å². The lowest BCUT2D eigenvalue weighted by Crippen LogP contribution is -2.36. The molecular formula is C20H25ClN6O. The average Bonchev–Trinajstić information content (AvgIpc) is 3.00. The SMILES string of the molecule is O=C(c1cnc(N2CCCN(c3cccnn3)CC2)c(Cl)c1)N1CCCCC1. The van der Waals surface area contributed by atoms with E-state index in [0.717, 1.165) is 70.2 Å². The first-order chi connectivity index (χ1) is 13.7. The van der Waals surface area contributed by atoms with E-state index in [2.05, 4.69) is 25.0 Å². The Bertz CT molecular complexity index is 812. The van der Waals surface area contributed by atoms with Crippen LogP contribution in [-0.2, 0) is 0 Å². The van der Waals surface area contributed by atoms with Gasteiger partial charge in [-0.3, -0.25) is 4.79 Å². The molecule has 4 rings (SSSR count). The lowest BCUT2D eigenvalue weighted by molar-refractivity contribution is 0.0724. The Kier molecular flexibility index (Phi) is 5.90. The Hall–Kier alpha value is -2.41. The summed E-state index contributed by atoms with van der Waals surface area (Å²) in [6.45, 7) is 5.04. The number of carbonyl (C=O) groups excluding carboxylic acids is 1. The van der Waals surface area contributed by atoms with Crippen LogP contribution in [0.5, 0.6) is 0 Å². The standard InChI is InChI=1S/C20H25ClN6O/c21-17-14-16(20(28)27-8-2-1-3-9-27)15-22-19(17)26-11-5-10-25(12-13-26)18-6-4-7-23-24-18/h4,6-7,14-15H,1-3,5,8-13H2. The summed E-state index contributed by atoms with van der Waals surface area (Å²) >= 11 is 6.54. The van der Waals surface area contributed by atoms with E-state index in [1.165, 1.54) is 6.42 Å². The Morgan fingerprint density at radius 3 is 2.50 bits per heavy atom. The fraction of sp³-hybridized carbons (Fsp3) is 0.500. The third-order valence-electron chi connectivity index (χ3n) is 5.39. The van der Waals surface area contributed by atoms with Crippen molar-refractivity contribution < 1.29 is 4.79 Å². The van der Waals surface area contributed by atoms with Crippen LogP contribution in [0, 0.1) is 0 Å². The third kappa shape index (κ3) is 4.19. The van der Waals surface area contributed by atoms with Crippen molar-refractivity contribution in [2.24, 2.45) is 0 Å². The first kappa shape index (κ1) is 18.9. The van der Waals surface area contributed by atoms with Crippen molar-refractivity contribution in [2.75, 3.05) is 49.1 Å². The van der Waals surface area contributed by atoms with Gasteiger partial charge in [-0.25, -0.2) is 4.98 Å². The topological polar surface area (TPSA) is 65.5 Å². The number of amides is 1. The van der Waals surface area contributed by atoms with Crippen molar-refractivity contribution in [3.63, 3.8) is 0 Å². The van der Waals surface area contributed by atoms with Gasteiger partial charge in [0.2, 0.25) is 0 Å². The fourth-order valence-corrected chi connectivity index (χ4v) is 4.17. The van der Waals surface area contributed by atoms with Crippen LogP contribution < -0.4 is 9.80 Å². The van der Waals surface area contributed by atoms with Gasteiger partial charge < -0.3 is 14.7 Å². The molecule has 8 heteroatoms. The first-order valence-electron chi connectivity index (χ1n) is 9.95. The molecule has 2 fully saturated rings. The Balaban J connectivity index is 1.45. The van der Waals surface area contributed by atoms with E-state index < -0.39 is 0 Å². The van der Waals surface area contributed by atoms with E-state index in [1.54, 1.807) is 18.5 Å². The first-order valence-corrected chi connectivity index (χ1v) is 10.3. The number of halogens is 1. The molecule has 0 spiro atoms. The van der Waals surface area contributed by atoms with E-state index >= 15 is 0 Å². The van der Waals surface area contributed by atoms with Crippen LogP contribution in [0.15, 0.2) is 30.6 Å². The van der Waals surface area contributed by atoms with Crippen LogP contribution >= 0.6 is 11.6 Å². The molecule has 2 aliphatic rings. The number of rotatable bonds is 3. The van der Waals surface area contributed by atoms with Gasteiger partial charge in [0.1, 0.15) is 5.82 Å². The molecule has 7 nitrogen and oxygen atoms in total. The maximum atomic E-state index is 12.7. The molecule has 2 aromatic rings. The number of hydrogen-bond acceptors (Lipinski definition) is 6. The maximum Gasteiger partial charge on any atom is 0.255 e. The van der Waals surface area contributed by atoms with Gasteiger partial charge in [0.15, 0.2) is 5.82 Å². The van der Waals surface area contributed by atoms with E-state index in [0.29, 0.717) is 10.6 Å². The zero-order valence-corrected chi connectivity index (χ0v) is 16.7. The lowest BCUT2D eigenvalue weighted by Gasteiger charge is -2.27. The number of nitrogens with zero attached hydrogens (tertiary/aromatic N) is 6. The summed E-state index contributed by atoms with van der Waals surface area (Å²) in [6, 6.07) is 5.66. The third-order valence-corrected chi connectivity index (χ3v) is 5.67. The van der Waals surface area contributed by atoms with Gasteiger partial charge in [0, 0.05) is 51.7 Å². The normalized spacial score (nSPS) is 18.1. The molecule has 0 bridgehead atoms. The number of pyridine rings is 1. The Labute approximate surface area is 170 Å². The molecule has 0 aliphatic carbocycles. The lowest BCUT2D eigenvalue weighted by atomic mass is 10.1. The number of piperidine rings is 1. The number of anilines is 2. The highest BCUT2D eigenvalue weighted by Gasteiger charge is 2.22.